The van der Waals surface area contributed by atoms with E-state index in [4.69, 9.17) is 4.52 Å². The average Bonchev–Trinajstić information content (AvgIpc) is 2.67. The first-order valence-corrected chi connectivity index (χ1v) is 4.70. The second-order valence-corrected chi connectivity index (χ2v) is 3.18. The normalized spacial score (nSPS) is 10.4. The quantitative estimate of drug-likeness (QED) is 0.727. The number of benzene rings is 1. The summed E-state index contributed by atoms with van der Waals surface area (Å²) in [6.45, 7) is 4.03. The maximum atomic E-state index is 5.06. The Morgan fingerprint density at radius 1 is 1.29 bits per heavy atom. The van der Waals surface area contributed by atoms with Crippen LogP contribution in [0.4, 0.5) is 0 Å². The van der Waals surface area contributed by atoms with Gasteiger partial charge in [0.2, 0.25) is 11.7 Å². The number of rotatable bonds is 2. The lowest BCUT2D eigenvalue weighted by atomic mass is 10.1. The average molecular weight is 188 g/mol. The molecule has 1 heterocycles. The molecule has 0 aliphatic heterocycles. The highest BCUT2D eigenvalue weighted by atomic mass is 16.5. The number of nitrogens with zero attached hydrogens (tertiary/aromatic N) is 2. The molecular formula is C11H12N2O. The Kier molecular flexibility index (Phi) is 2.31. The van der Waals surface area contributed by atoms with Gasteiger partial charge in [-0.3, -0.25) is 0 Å². The van der Waals surface area contributed by atoms with Gasteiger partial charge in [-0.2, -0.15) is 4.98 Å². The molecule has 0 unspecified atom stereocenters. The van der Waals surface area contributed by atoms with E-state index in [-0.39, 0.29) is 0 Å². The van der Waals surface area contributed by atoms with Crippen LogP contribution in [0.25, 0.3) is 11.4 Å². The van der Waals surface area contributed by atoms with Crippen LogP contribution >= 0.6 is 0 Å². The van der Waals surface area contributed by atoms with E-state index in [0.717, 1.165) is 17.5 Å². The third kappa shape index (κ3) is 1.53. The van der Waals surface area contributed by atoms with Gasteiger partial charge in [0.15, 0.2) is 0 Å². The molecule has 14 heavy (non-hydrogen) atoms. The standard InChI is InChI=1S/C11H12N2O/c1-3-10-12-11(13-14-10)9-7-5-4-6-8(9)2/h4-7H,3H2,1-2H3. The number of hydrogen-bond donors (Lipinski definition) is 0. The summed E-state index contributed by atoms with van der Waals surface area (Å²) in [7, 11) is 0. The minimum absolute atomic E-state index is 0.681. The summed E-state index contributed by atoms with van der Waals surface area (Å²) in [6, 6.07) is 8.01. The highest BCUT2D eigenvalue weighted by Crippen LogP contribution is 2.19. The third-order valence-corrected chi connectivity index (χ3v) is 2.16. The van der Waals surface area contributed by atoms with Gasteiger partial charge in [-0.1, -0.05) is 36.3 Å². The molecule has 2 rings (SSSR count). The van der Waals surface area contributed by atoms with Crippen molar-refractivity contribution < 1.29 is 4.52 Å². The smallest absolute Gasteiger partial charge is 0.226 e. The maximum Gasteiger partial charge on any atom is 0.226 e. The van der Waals surface area contributed by atoms with Crippen molar-refractivity contribution in [3.63, 3.8) is 0 Å². The summed E-state index contributed by atoms with van der Waals surface area (Å²) in [5.41, 5.74) is 2.20. The molecule has 0 radical (unpaired) electrons. The van der Waals surface area contributed by atoms with Crippen molar-refractivity contribution in [2.45, 2.75) is 20.3 Å². The predicted octanol–water partition coefficient (Wildman–Crippen LogP) is 2.61. The van der Waals surface area contributed by atoms with Crippen LogP contribution in [0.3, 0.4) is 0 Å². The first kappa shape index (κ1) is 8.94. The first-order valence-electron chi connectivity index (χ1n) is 4.70. The summed E-state index contributed by atoms with van der Waals surface area (Å²) >= 11 is 0. The van der Waals surface area contributed by atoms with E-state index in [1.54, 1.807) is 0 Å². The van der Waals surface area contributed by atoms with Crippen molar-refractivity contribution >= 4 is 0 Å². The molecule has 0 aliphatic carbocycles. The summed E-state index contributed by atoms with van der Waals surface area (Å²) in [4.78, 5) is 4.28. The van der Waals surface area contributed by atoms with Crippen LogP contribution in [0.2, 0.25) is 0 Å². The second kappa shape index (κ2) is 3.62. The van der Waals surface area contributed by atoms with Crippen LogP contribution in [-0.2, 0) is 6.42 Å². The molecule has 0 atom stereocenters. The van der Waals surface area contributed by atoms with Gasteiger partial charge in [0.25, 0.3) is 0 Å². The van der Waals surface area contributed by atoms with E-state index < -0.39 is 0 Å². The summed E-state index contributed by atoms with van der Waals surface area (Å²) in [6.07, 6.45) is 0.777. The molecule has 0 amide bonds. The van der Waals surface area contributed by atoms with Crippen LogP contribution in [0, 0.1) is 6.92 Å². The Morgan fingerprint density at radius 2 is 2.07 bits per heavy atom. The maximum absolute atomic E-state index is 5.06. The van der Waals surface area contributed by atoms with Gasteiger partial charge in [0, 0.05) is 12.0 Å². The largest absolute Gasteiger partial charge is 0.339 e. The summed E-state index contributed by atoms with van der Waals surface area (Å²) < 4.78 is 5.06. The fourth-order valence-electron chi connectivity index (χ4n) is 1.33. The molecule has 0 saturated heterocycles. The van der Waals surface area contributed by atoms with Crippen LogP contribution < -0.4 is 0 Å². The van der Waals surface area contributed by atoms with Gasteiger partial charge < -0.3 is 4.52 Å². The third-order valence-electron chi connectivity index (χ3n) is 2.16. The highest BCUT2D eigenvalue weighted by Gasteiger charge is 2.08. The van der Waals surface area contributed by atoms with Gasteiger partial charge in [-0.05, 0) is 12.5 Å². The fourth-order valence-corrected chi connectivity index (χ4v) is 1.33. The zero-order valence-electron chi connectivity index (χ0n) is 8.32. The topological polar surface area (TPSA) is 38.9 Å². The van der Waals surface area contributed by atoms with Crippen molar-refractivity contribution in [1.29, 1.82) is 0 Å². The predicted molar refractivity (Wildman–Crippen MR) is 53.8 cm³/mol. The minimum atomic E-state index is 0.681. The SMILES string of the molecule is CCc1nc(-c2ccccc2C)no1. The lowest BCUT2D eigenvalue weighted by Crippen LogP contribution is -1.85. The number of aromatic nitrogens is 2. The Labute approximate surface area is 82.8 Å². The van der Waals surface area contributed by atoms with Crippen LogP contribution in [0.15, 0.2) is 28.8 Å². The van der Waals surface area contributed by atoms with Crippen molar-refractivity contribution in [1.82, 2.24) is 10.1 Å². The molecule has 2 aromatic rings. The molecule has 0 spiro atoms. The molecule has 1 aromatic heterocycles. The van der Waals surface area contributed by atoms with Gasteiger partial charge in [0.1, 0.15) is 0 Å². The van der Waals surface area contributed by atoms with E-state index in [1.807, 2.05) is 38.1 Å². The van der Waals surface area contributed by atoms with Crippen molar-refractivity contribution in [3.05, 3.63) is 35.7 Å². The van der Waals surface area contributed by atoms with Crippen LogP contribution in [-0.4, -0.2) is 10.1 Å². The highest BCUT2D eigenvalue weighted by molar-refractivity contribution is 5.58. The lowest BCUT2D eigenvalue weighted by molar-refractivity contribution is 0.383. The fraction of sp³-hybridized carbons (Fsp3) is 0.273. The Bertz CT molecular complexity index is 434. The molecule has 3 nitrogen and oxygen atoms in total. The summed E-state index contributed by atoms with van der Waals surface area (Å²) in [5, 5.41) is 3.93. The van der Waals surface area contributed by atoms with Crippen molar-refractivity contribution in [2.24, 2.45) is 0 Å². The zero-order valence-corrected chi connectivity index (χ0v) is 8.32. The number of aryl methyl sites for hydroxylation is 2. The monoisotopic (exact) mass is 188 g/mol. The van der Waals surface area contributed by atoms with Gasteiger partial charge in [-0.25, -0.2) is 0 Å². The molecule has 72 valence electrons. The lowest BCUT2D eigenvalue weighted by Gasteiger charge is -1.97. The first-order chi connectivity index (χ1) is 6.81. The summed E-state index contributed by atoms with van der Waals surface area (Å²) in [5.74, 6) is 1.36. The van der Waals surface area contributed by atoms with E-state index >= 15 is 0 Å². The molecule has 0 bridgehead atoms. The molecular weight excluding hydrogens is 176 g/mol. The second-order valence-electron chi connectivity index (χ2n) is 3.18. The van der Waals surface area contributed by atoms with Gasteiger partial charge in [-0.15, -0.1) is 0 Å². The zero-order chi connectivity index (χ0) is 9.97. The molecule has 0 N–H and O–H groups in total. The Morgan fingerprint density at radius 3 is 2.71 bits per heavy atom. The molecule has 0 fully saturated rings. The Hall–Kier alpha value is -1.64. The van der Waals surface area contributed by atoms with E-state index in [0.29, 0.717) is 11.7 Å². The van der Waals surface area contributed by atoms with Crippen LogP contribution in [0.1, 0.15) is 18.4 Å². The molecule has 1 aromatic carbocycles. The Balaban J connectivity index is 2.44. The van der Waals surface area contributed by atoms with Crippen LogP contribution in [0.5, 0.6) is 0 Å². The molecule has 3 heteroatoms. The van der Waals surface area contributed by atoms with E-state index in [2.05, 4.69) is 10.1 Å². The molecule has 0 aliphatic rings. The van der Waals surface area contributed by atoms with Gasteiger partial charge in [0.05, 0.1) is 0 Å². The van der Waals surface area contributed by atoms with Gasteiger partial charge >= 0.3 is 0 Å². The van der Waals surface area contributed by atoms with E-state index in [9.17, 15) is 0 Å². The molecule has 0 saturated carbocycles. The van der Waals surface area contributed by atoms with E-state index in [1.165, 1.54) is 0 Å². The van der Waals surface area contributed by atoms with Crippen molar-refractivity contribution in [3.8, 4) is 11.4 Å². The minimum Gasteiger partial charge on any atom is -0.339 e. The number of hydrogen-bond acceptors (Lipinski definition) is 3. The van der Waals surface area contributed by atoms with Crippen molar-refractivity contribution in [2.75, 3.05) is 0 Å².